The zero-order valence-electron chi connectivity index (χ0n) is 20.5. The van der Waals surface area contributed by atoms with E-state index in [1.807, 2.05) is 22.9 Å². The Kier molecular flexibility index (Phi) is 5.95. The Labute approximate surface area is 208 Å². The van der Waals surface area contributed by atoms with Crippen LogP contribution in [-0.4, -0.2) is 60.1 Å². The highest BCUT2D eigenvalue weighted by atomic mass is 16.4. The van der Waals surface area contributed by atoms with Gasteiger partial charge in [-0.3, -0.25) is 19.6 Å². The summed E-state index contributed by atoms with van der Waals surface area (Å²) < 4.78 is 1.99. The second-order valence-corrected chi connectivity index (χ2v) is 10.1. The molecule has 1 aliphatic rings. The van der Waals surface area contributed by atoms with Crippen molar-refractivity contribution in [3.05, 3.63) is 60.3 Å². The van der Waals surface area contributed by atoms with E-state index < -0.39 is 6.09 Å². The fourth-order valence-electron chi connectivity index (χ4n) is 4.65. The smallest absolute Gasteiger partial charge is 0.407 e. The summed E-state index contributed by atoms with van der Waals surface area (Å²) in [6.07, 6.45) is 5.86. The second kappa shape index (κ2) is 9.10. The monoisotopic (exact) mass is 487 g/mol. The molecule has 0 spiro atoms. The zero-order chi connectivity index (χ0) is 25.4. The number of aromatic nitrogens is 5. The lowest BCUT2D eigenvalue weighted by Crippen LogP contribution is -2.38. The van der Waals surface area contributed by atoms with E-state index in [2.05, 4.69) is 47.5 Å². The minimum atomic E-state index is -0.873. The normalized spacial score (nSPS) is 14.8. The summed E-state index contributed by atoms with van der Waals surface area (Å²) in [6.45, 7) is 7.37. The number of H-pyrrole nitrogens is 1. The Morgan fingerprint density at radius 1 is 1.11 bits per heavy atom. The molecule has 4 aromatic rings. The van der Waals surface area contributed by atoms with Gasteiger partial charge in [-0.25, -0.2) is 4.79 Å². The second-order valence-electron chi connectivity index (χ2n) is 10.1. The number of anilines is 1. The van der Waals surface area contributed by atoms with E-state index in [0.29, 0.717) is 24.5 Å². The Morgan fingerprint density at radius 2 is 1.83 bits per heavy atom. The number of aromatic amines is 1. The molecular formula is C26H29N7O3. The summed E-state index contributed by atoms with van der Waals surface area (Å²) in [4.78, 5) is 29.7. The fourth-order valence-corrected chi connectivity index (χ4v) is 4.65. The molecule has 1 aromatic carbocycles. The van der Waals surface area contributed by atoms with Crippen molar-refractivity contribution in [2.75, 3.05) is 18.4 Å². The van der Waals surface area contributed by atoms with Gasteiger partial charge in [-0.15, -0.1) is 0 Å². The van der Waals surface area contributed by atoms with Gasteiger partial charge in [-0.2, -0.15) is 10.2 Å². The summed E-state index contributed by atoms with van der Waals surface area (Å²) >= 11 is 0. The number of likely N-dealkylation sites (tertiary alicyclic amines) is 1. The number of nitrogens with zero attached hydrogens (tertiary/aromatic N) is 5. The van der Waals surface area contributed by atoms with Crippen LogP contribution in [0.1, 0.15) is 55.8 Å². The summed E-state index contributed by atoms with van der Waals surface area (Å²) in [7, 11) is 0. The molecule has 10 nitrogen and oxygen atoms in total. The molecule has 1 saturated heterocycles. The van der Waals surface area contributed by atoms with Crippen molar-refractivity contribution in [1.82, 2.24) is 29.9 Å². The maximum Gasteiger partial charge on any atom is 0.407 e. The van der Waals surface area contributed by atoms with Crippen LogP contribution in [-0.2, 0) is 5.41 Å². The first-order valence-electron chi connectivity index (χ1n) is 12.0. The third-order valence-electron chi connectivity index (χ3n) is 6.58. The average molecular weight is 488 g/mol. The van der Waals surface area contributed by atoms with Crippen molar-refractivity contribution in [1.29, 1.82) is 0 Å². The highest BCUT2D eigenvalue weighted by Gasteiger charge is 2.29. The van der Waals surface area contributed by atoms with Gasteiger partial charge in [-0.1, -0.05) is 26.8 Å². The Bertz CT molecular complexity index is 1410. The van der Waals surface area contributed by atoms with Gasteiger partial charge in [0.15, 0.2) is 5.69 Å². The first-order chi connectivity index (χ1) is 17.2. The minimum Gasteiger partial charge on any atom is -0.465 e. The molecule has 0 atom stereocenters. The zero-order valence-corrected chi connectivity index (χ0v) is 20.5. The number of pyridine rings is 1. The SMILES string of the molecule is CC(C)(C)c1nn(C2CCN(C(=O)O)CC2)cc1-c1ccc2[nH]nc(C(=O)Nc3ccncc3)c2c1. The predicted molar refractivity (Wildman–Crippen MR) is 136 cm³/mol. The van der Waals surface area contributed by atoms with Gasteiger partial charge >= 0.3 is 6.09 Å². The Hall–Kier alpha value is -4.21. The number of carbonyl (C=O) groups is 2. The molecule has 36 heavy (non-hydrogen) atoms. The topological polar surface area (TPSA) is 129 Å². The lowest BCUT2D eigenvalue weighted by Gasteiger charge is -2.30. The molecule has 1 aliphatic heterocycles. The van der Waals surface area contributed by atoms with Crippen molar-refractivity contribution >= 4 is 28.6 Å². The molecule has 0 saturated carbocycles. The van der Waals surface area contributed by atoms with Crippen molar-refractivity contribution in [2.45, 2.75) is 45.1 Å². The number of hydrogen-bond donors (Lipinski definition) is 3. The van der Waals surface area contributed by atoms with Gasteiger partial charge < -0.3 is 15.3 Å². The first kappa shape index (κ1) is 23.5. The molecule has 2 amide bonds. The van der Waals surface area contributed by atoms with Crippen molar-refractivity contribution in [2.24, 2.45) is 0 Å². The molecule has 0 radical (unpaired) electrons. The number of amides is 2. The van der Waals surface area contributed by atoms with Gasteiger partial charge in [0, 0.05) is 53.7 Å². The standard InChI is InChI=1S/C26H29N7O3/c1-26(2,3)23-20(15-33(31-23)18-8-12-32(13-9-18)25(35)36)16-4-5-21-19(14-16)22(30-29-21)24(34)28-17-6-10-27-11-7-17/h4-7,10-11,14-15,18H,8-9,12-13H2,1-3H3,(H,29,30)(H,35,36)(H,27,28,34). The van der Waals surface area contributed by atoms with Gasteiger partial charge in [0.25, 0.3) is 5.91 Å². The third-order valence-corrected chi connectivity index (χ3v) is 6.58. The minimum absolute atomic E-state index is 0.134. The lowest BCUT2D eigenvalue weighted by molar-refractivity contribution is 0.102. The number of piperidine rings is 1. The molecule has 3 N–H and O–H groups in total. The van der Waals surface area contributed by atoms with E-state index in [1.165, 1.54) is 4.90 Å². The summed E-state index contributed by atoms with van der Waals surface area (Å²) in [5.74, 6) is -0.304. The fraction of sp³-hybridized carbons (Fsp3) is 0.346. The van der Waals surface area contributed by atoms with E-state index in [4.69, 9.17) is 5.10 Å². The molecule has 0 unspecified atom stereocenters. The maximum atomic E-state index is 13.0. The predicted octanol–water partition coefficient (Wildman–Crippen LogP) is 4.69. The number of benzene rings is 1. The van der Waals surface area contributed by atoms with Crippen molar-refractivity contribution in [3.8, 4) is 11.1 Å². The molecular weight excluding hydrogens is 458 g/mol. The molecule has 4 heterocycles. The molecule has 5 rings (SSSR count). The summed E-state index contributed by atoms with van der Waals surface area (Å²) in [5.41, 5.74) is 4.41. The van der Waals surface area contributed by atoms with Gasteiger partial charge in [0.05, 0.1) is 17.3 Å². The van der Waals surface area contributed by atoms with Crippen LogP contribution in [0.25, 0.3) is 22.0 Å². The number of hydrogen-bond acceptors (Lipinski definition) is 5. The van der Waals surface area contributed by atoms with E-state index >= 15 is 0 Å². The Balaban J connectivity index is 1.49. The molecule has 186 valence electrons. The number of nitrogens with one attached hydrogen (secondary N) is 2. The number of carboxylic acid groups (broad SMARTS) is 1. The van der Waals surface area contributed by atoms with Crippen LogP contribution in [0.3, 0.4) is 0 Å². The van der Waals surface area contributed by atoms with Crippen molar-refractivity contribution < 1.29 is 14.7 Å². The molecule has 3 aromatic heterocycles. The highest BCUT2D eigenvalue weighted by molar-refractivity contribution is 6.11. The number of fused-ring (bicyclic) bond motifs is 1. The van der Waals surface area contributed by atoms with Crippen LogP contribution < -0.4 is 5.32 Å². The summed E-state index contributed by atoms with van der Waals surface area (Å²) in [5, 5.41) is 25.1. The van der Waals surface area contributed by atoms with E-state index in [9.17, 15) is 14.7 Å². The number of rotatable bonds is 4. The maximum absolute atomic E-state index is 13.0. The Morgan fingerprint density at radius 3 is 2.50 bits per heavy atom. The summed E-state index contributed by atoms with van der Waals surface area (Å²) in [6, 6.07) is 9.50. The first-order valence-corrected chi connectivity index (χ1v) is 12.0. The van der Waals surface area contributed by atoms with Crippen LogP contribution in [0.5, 0.6) is 0 Å². The lowest BCUT2D eigenvalue weighted by atomic mass is 9.87. The third kappa shape index (κ3) is 4.53. The number of carbonyl (C=O) groups excluding carboxylic acids is 1. The largest absolute Gasteiger partial charge is 0.465 e. The van der Waals surface area contributed by atoms with E-state index in [1.54, 1.807) is 24.5 Å². The molecule has 10 heteroatoms. The van der Waals surface area contributed by atoms with E-state index in [0.717, 1.165) is 40.6 Å². The van der Waals surface area contributed by atoms with Crippen LogP contribution in [0.4, 0.5) is 10.5 Å². The molecule has 1 fully saturated rings. The average Bonchev–Trinajstić information content (AvgIpc) is 3.49. The molecule has 0 bridgehead atoms. The van der Waals surface area contributed by atoms with Crippen LogP contribution in [0.15, 0.2) is 48.9 Å². The van der Waals surface area contributed by atoms with Crippen LogP contribution in [0, 0.1) is 0 Å². The quantitative estimate of drug-likeness (QED) is 0.383. The van der Waals surface area contributed by atoms with E-state index in [-0.39, 0.29) is 17.4 Å². The van der Waals surface area contributed by atoms with Gasteiger partial charge in [0.2, 0.25) is 0 Å². The molecule has 0 aliphatic carbocycles. The highest BCUT2D eigenvalue weighted by Crippen LogP contribution is 2.36. The van der Waals surface area contributed by atoms with Crippen LogP contribution in [0.2, 0.25) is 0 Å². The van der Waals surface area contributed by atoms with Gasteiger partial charge in [0.1, 0.15) is 0 Å². The van der Waals surface area contributed by atoms with Crippen molar-refractivity contribution in [3.63, 3.8) is 0 Å². The van der Waals surface area contributed by atoms with Gasteiger partial charge in [-0.05, 0) is 42.7 Å². The van der Waals surface area contributed by atoms with Crippen LogP contribution >= 0.6 is 0 Å².